The van der Waals surface area contributed by atoms with Crippen molar-refractivity contribution in [2.24, 2.45) is 0 Å². The molecule has 0 heterocycles. The third-order valence-electron chi connectivity index (χ3n) is 2.68. The van der Waals surface area contributed by atoms with Crippen molar-refractivity contribution in [3.05, 3.63) is 35.4 Å². The highest BCUT2D eigenvalue weighted by molar-refractivity contribution is 5.48. The van der Waals surface area contributed by atoms with Crippen molar-refractivity contribution in [1.29, 1.82) is 0 Å². The number of carbonyl (C=O) groups is 1. The Morgan fingerprint density at radius 2 is 1.80 bits per heavy atom. The molecule has 0 saturated heterocycles. The van der Waals surface area contributed by atoms with Crippen LogP contribution < -0.4 is 0 Å². The molecule has 0 bridgehead atoms. The number of aldehydes is 1. The van der Waals surface area contributed by atoms with Gasteiger partial charge in [0.15, 0.2) is 0 Å². The second kappa shape index (κ2) is 6.39. The number of benzene rings is 1. The zero-order valence-corrected chi connectivity index (χ0v) is 9.70. The molecule has 0 aliphatic heterocycles. The number of carbonyl (C=O) groups excluding carboxylic acids is 1. The van der Waals surface area contributed by atoms with E-state index in [1.165, 1.54) is 11.1 Å². The first-order valence-electron chi connectivity index (χ1n) is 5.76. The van der Waals surface area contributed by atoms with Crippen LogP contribution in [0, 0.1) is 0 Å². The minimum atomic E-state index is 0.606. The molecule has 0 N–H and O–H groups in total. The average Bonchev–Trinajstić information content (AvgIpc) is 2.25. The minimum absolute atomic E-state index is 0.606. The SMILES string of the molecule is CC(C)c1ccc(CCCCC=O)cc1. The van der Waals surface area contributed by atoms with Gasteiger partial charge in [0.25, 0.3) is 0 Å². The summed E-state index contributed by atoms with van der Waals surface area (Å²) in [5.41, 5.74) is 2.77. The first-order chi connectivity index (χ1) is 7.24. The number of aryl methyl sites for hydroxylation is 1. The number of unbranched alkanes of at least 4 members (excludes halogenated alkanes) is 2. The molecule has 82 valence electrons. The third-order valence-corrected chi connectivity index (χ3v) is 2.68. The molecule has 0 saturated carbocycles. The smallest absolute Gasteiger partial charge is 0.119 e. The van der Waals surface area contributed by atoms with Gasteiger partial charge in [0.1, 0.15) is 6.29 Å². The van der Waals surface area contributed by atoms with E-state index in [1.807, 2.05) is 0 Å². The predicted molar refractivity (Wildman–Crippen MR) is 64.2 cm³/mol. The van der Waals surface area contributed by atoms with E-state index in [0.29, 0.717) is 12.3 Å². The molecule has 0 aromatic heterocycles. The van der Waals surface area contributed by atoms with Crippen molar-refractivity contribution < 1.29 is 4.79 Å². The maximum absolute atomic E-state index is 10.1. The highest BCUT2D eigenvalue weighted by atomic mass is 16.1. The van der Waals surface area contributed by atoms with Crippen LogP contribution >= 0.6 is 0 Å². The fourth-order valence-electron chi connectivity index (χ4n) is 1.63. The van der Waals surface area contributed by atoms with Crippen LogP contribution in [0.1, 0.15) is 50.2 Å². The normalized spacial score (nSPS) is 10.6. The van der Waals surface area contributed by atoms with Crippen LogP contribution in [0.2, 0.25) is 0 Å². The molecule has 0 aliphatic carbocycles. The minimum Gasteiger partial charge on any atom is -0.303 e. The van der Waals surface area contributed by atoms with Crippen LogP contribution in [0.5, 0.6) is 0 Å². The van der Waals surface area contributed by atoms with E-state index < -0.39 is 0 Å². The summed E-state index contributed by atoms with van der Waals surface area (Å²) in [6.07, 6.45) is 4.91. The summed E-state index contributed by atoms with van der Waals surface area (Å²) in [4.78, 5) is 10.1. The average molecular weight is 204 g/mol. The van der Waals surface area contributed by atoms with Gasteiger partial charge in [-0.3, -0.25) is 0 Å². The largest absolute Gasteiger partial charge is 0.303 e. The Kier molecular flexibility index (Phi) is 5.09. The van der Waals surface area contributed by atoms with E-state index in [0.717, 1.165) is 25.5 Å². The van der Waals surface area contributed by atoms with Gasteiger partial charge in [-0.05, 0) is 36.3 Å². The van der Waals surface area contributed by atoms with Crippen molar-refractivity contribution >= 4 is 6.29 Å². The van der Waals surface area contributed by atoms with E-state index in [-0.39, 0.29) is 0 Å². The van der Waals surface area contributed by atoms with Crippen molar-refractivity contribution in [2.75, 3.05) is 0 Å². The maximum Gasteiger partial charge on any atom is 0.119 e. The van der Waals surface area contributed by atoms with E-state index >= 15 is 0 Å². The molecule has 1 aromatic carbocycles. The first-order valence-corrected chi connectivity index (χ1v) is 5.76. The standard InChI is InChI=1S/C14H20O/c1-12(2)14-9-7-13(8-10-14)6-4-3-5-11-15/h7-12H,3-6H2,1-2H3. The lowest BCUT2D eigenvalue weighted by Gasteiger charge is -2.06. The summed E-state index contributed by atoms with van der Waals surface area (Å²) >= 11 is 0. The zero-order chi connectivity index (χ0) is 11.1. The van der Waals surface area contributed by atoms with Gasteiger partial charge >= 0.3 is 0 Å². The molecule has 1 nitrogen and oxygen atoms in total. The summed E-state index contributed by atoms with van der Waals surface area (Å²) in [6, 6.07) is 8.83. The molecule has 15 heavy (non-hydrogen) atoms. The summed E-state index contributed by atoms with van der Waals surface area (Å²) in [6.45, 7) is 4.41. The van der Waals surface area contributed by atoms with Gasteiger partial charge in [0.05, 0.1) is 0 Å². The number of rotatable bonds is 6. The molecule has 0 radical (unpaired) electrons. The van der Waals surface area contributed by atoms with Crippen LogP contribution in [0.15, 0.2) is 24.3 Å². The molecule has 0 unspecified atom stereocenters. The third kappa shape index (κ3) is 4.28. The Hall–Kier alpha value is -1.11. The molecule has 0 aliphatic rings. The summed E-state index contributed by atoms with van der Waals surface area (Å²) in [5.74, 6) is 0.606. The first kappa shape index (κ1) is 12.0. The highest BCUT2D eigenvalue weighted by Crippen LogP contribution is 2.15. The lowest BCUT2D eigenvalue weighted by molar-refractivity contribution is -0.107. The second-order valence-electron chi connectivity index (χ2n) is 4.31. The van der Waals surface area contributed by atoms with Crippen LogP contribution in [0.25, 0.3) is 0 Å². The second-order valence-corrected chi connectivity index (χ2v) is 4.31. The highest BCUT2D eigenvalue weighted by Gasteiger charge is 1.98. The molecular formula is C14H20O. The summed E-state index contributed by atoms with van der Waals surface area (Å²) < 4.78 is 0. The molecule has 1 aromatic rings. The Bertz CT molecular complexity index is 285. The summed E-state index contributed by atoms with van der Waals surface area (Å²) in [7, 11) is 0. The van der Waals surface area contributed by atoms with Crippen LogP contribution in [-0.4, -0.2) is 6.29 Å². The van der Waals surface area contributed by atoms with Gasteiger partial charge in [-0.1, -0.05) is 38.1 Å². The maximum atomic E-state index is 10.1. The van der Waals surface area contributed by atoms with Gasteiger partial charge in [-0.15, -0.1) is 0 Å². The Morgan fingerprint density at radius 3 is 2.33 bits per heavy atom. The van der Waals surface area contributed by atoms with Gasteiger partial charge in [-0.25, -0.2) is 0 Å². The Labute approximate surface area is 92.5 Å². The predicted octanol–water partition coefficient (Wildman–Crippen LogP) is 3.72. The summed E-state index contributed by atoms with van der Waals surface area (Å²) in [5, 5.41) is 0. The van der Waals surface area contributed by atoms with Crippen LogP contribution in [0.3, 0.4) is 0 Å². The van der Waals surface area contributed by atoms with E-state index in [1.54, 1.807) is 0 Å². The van der Waals surface area contributed by atoms with Crippen molar-refractivity contribution in [3.8, 4) is 0 Å². The number of hydrogen-bond donors (Lipinski definition) is 0. The molecule has 0 fully saturated rings. The zero-order valence-electron chi connectivity index (χ0n) is 9.70. The van der Waals surface area contributed by atoms with E-state index in [2.05, 4.69) is 38.1 Å². The lowest BCUT2D eigenvalue weighted by atomic mass is 10.00. The van der Waals surface area contributed by atoms with Gasteiger partial charge in [0, 0.05) is 6.42 Å². The Balaban J connectivity index is 2.39. The van der Waals surface area contributed by atoms with Crippen LogP contribution in [-0.2, 0) is 11.2 Å². The fourth-order valence-corrected chi connectivity index (χ4v) is 1.63. The fraction of sp³-hybridized carbons (Fsp3) is 0.500. The van der Waals surface area contributed by atoms with E-state index in [4.69, 9.17) is 0 Å². The van der Waals surface area contributed by atoms with Gasteiger partial charge in [-0.2, -0.15) is 0 Å². The van der Waals surface area contributed by atoms with Crippen LogP contribution in [0.4, 0.5) is 0 Å². The number of hydrogen-bond acceptors (Lipinski definition) is 1. The van der Waals surface area contributed by atoms with Crippen molar-refractivity contribution in [1.82, 2.24) is 0 Å². The lowest BCUT2D eigenvalue weighted by Crippen LogP contribution is -1.90. The molecule has 1 rings (SSSR count). The molecule has 0 spiro atoms. The van der Waals surface area contributed by atoms with Crippen molar-refractivity contribution in [2.45, 2.75) is 45.4 Å². The molecule has 0 atom stereocenters. The molecule has 1 heteroatoms. The quantitative estimate of drug-likeness (QED) is 0.510. The van der Waals surface area contributed by atoms with Gasteiger partial charge < -0.3 is 4.79 Å². The topological polar surface area (TPSA) is 17.1 Å². The molecular weight excluding hydrogens is 184 g/mol. The van der Waals surface area contributed by atoms with E-state index in [9.17, 15) is 4.79 Å². The Morgan fingerprint density at radius 1 is 1.13 bits per heavy atom. The van der Waals surface area contributed by atoms with Crippen molar-refractivity contribution in [3.63, 3.8) is 0 Å². The van der Waals surface area contributed by atoms with Gasteiger partial charge in [0.2, 0.25) is 0 Å². The molecule has 0 amide bonds. The monoisotopic (exact) mass is 204 g/mol.